The number of carbonyl (C=O) groups excluding carboxylic acids is 1. The smallest absolute Gasteiger partial charge is 0.323 e. The molecule has 0 saturated heterocycles. The van der Waals surface area contributed by atoms with Crippen molar-refractivity contribution in [1.29, 1.82) is 0 Å². The monoisotopic (exact) mass is 300 g/mol. The van der Waals surface area contributed by atoms with Crippen LogP contribution in [0.25, 0.3) is 0 Å². The molecule has 1 unspecified atom stereocenters. The third kappa shape index (κ3) is 6.49. The van der Waals surface area contributed by atoms with Crippen LogP contribution >= 0.6 is 0 Å². The van der Waals surface area contributed by atoms with Crippen LogP contribution in [0.15, 0.2) is 0 Å². The summed E-state index contributed by atoms with van der Waals surface area (Å²) in [6.45, 7) is 11.7. The molecule has 0 amide bonds. The fraction of sp³-hybridized carbons (Fsp3) is 0.882. The summed E-state index contributed by atoms with van der Waals surface area (Å²) in [5.41, 5.74) is -1.41. The maximum Gasteiger partial charge on any atom is 0.323 e. The predicted octanol–water partition coefficient (Wildman–Crippen LogP) is 4.27. The van der Waals surface area contributed by atoms with Crippen molar-refractivity contribution in [2.75, 3.05) is 0 Å². The highest BCUT2D eigenvalue weighted by molar-refractivity contribution is 5.99. The van der Waals surface area contributed by atoms with E-state index in [9.17, 15) is 14.7 Å². The quantitative estimate of drug-likeness (QED) is 0.483. The Hall–Kier alpha value is -1.06. The van der Waals surface area contributed by atoms with Crippen molar-refractivity contribution in [2.45, 2.75) is 79.8 Å². The number of carbonyl (C=O) groups is 2. The van der Waals surface area contributed by atoms with E-state index in [1.54, 1.807) is 0 Å². The van der Waals surface area contributed by atoms with E-state index in [0.29, 0.717) is 12.8 Å². The van der Waals surface area contributed by atoms with Crippen LogP contribution in [0.5, 0.6) is 0 Å². The van der Waals surface area contributed by atoms with Gasteiger partial charge in [0.05, 0.1) is 6.10 Å². The molecule has 0 aromatic heterocycles. The van der Waals surface area contributed by atoms with Gasteiger partial charge in [-0.1, -0.05) is 47.5 Å². The molecule has 0 aromatic rings. The lowest BCUT2D eigenvalue weighted by Gasteiger charge is -2.31. The Kier molecular flexibility index (Phi) is 8.60. The lowest BCUT2D eigenvalue weighted by Crippen LogP contribution is -2.44. The van der Waals surface area contributed by atoms with Gasteiger partial charge in [0.15, 0.2) is 5.41 Å². The Balaban J connectivity index is 5.16. The highest BCUT2D eigenvalue weighted by Crippen LogP contribution is 2.36. The summed E-state index contributed by atoms with van der Waals surface area (Å²) >= 11 is 0. The van der Waals surface area contributed by atoms with E-state index in [2.05, 4.69) is 6.92 Å². The fourth-order valence-corrected chi connectivity index (χ4v) is 2.75. The van der Waals surface area contributed by atoms with E-state index >= 15 is 0 Å². The zero-order chi connectivity index (χ0) is 16.6. The summed E-state index contributed by atoms with van der Waals surface area (Å²) in [6.07, 6.45) is 3.20. The standard InChI is InChI=1S/C17H32O4/c1-7-8-9-14(6)21-16(20)17(15(18)19,10-12(2)3)11-13(4)5/h12-14H,7-11H2,1-6H3,(H,18,19). The summed E-state index contributed by atoms with van der Waals surface area (Å²) in [7, 11) is 0. The molecular formula is C17H32O4. The van der Waals surface area contributed by atoms with Gasteiger partial charge in [-0.25, -0.2) is 0 Å². The number of carboxylic acid groups (broad SMARTS) is 1. The summed E-state index contributed by atoms with van der Waals surface area (Å²) < 4.78 is 5.46. The van der Waals surface area contributed by atoms with Gasteiger partial charge in [-0.3, -0.25) is 9.59 Å². The molecule has 0 aliphatic carbocycles. The number of ether oxygens (including phenoxy) is 1. The first kappa shape index (κ1) is 19.9. The van der Waals surface area contributed by atoms with Crippen molar-refractivity contribution in [1.82, 2.24) is 0 Å². The molecular weight excluding hydrogens is 268 g/mol. The molecule has 124 valence electrons. The lowest BCUT2D eigenvalue weighted by atomic mass is 9.74. The Morgan fingerprint density at radius 3 is 1.86 bits per heavy atom. The first-order valence-corrected chi connectivity index (χ1v) is 8.10. The van der Waals surface area contributed by atoms with Crippen LogP contribution in [-0.2, 0) is 14.3 Å². The van der Waals surface area contributed by atoms with Gasteiger partial charge in [-0.15, -0.1) is 0 Å². The molecule has 0 spiro atoms. The average molecular weight is 300 g/mol. The summed E-state index contributed by atoms with van der Waals surface area (Å²) in [6, 6.07) is 0. The largest absolute Gasteiger partial charge is 0.480 e. The third-order valence-corrected chi connectivity index (χ3v) is 3.59. The van der Waals surface area contributed by atoms with Crippen LogP contribution in [0.4, 0.5) is 0 Å². The fourth-order valence-electron chi connectivity index (χ4n) is 2.75. The first-order valence-electron chi connectivity index (χ1n) is 8.10. The zero-order valence-corrected chi connectivity index (χ0v) is 14.4. The topological polar surface area (TPSA) is 63.6 Å². The van der Waals surface area contributed by atoms with Gasteiger partial charge in [-0.05, 0) is 38.0 Å². The van der Waals surface area contributed by atoms with Gasteiger partial charge in [0.1, 0.15) is 0 Å². The number of hydrogen-bond donors (Lipinski definition) is 1. The number of hydrogen-bond acceptors (Lipinski definition) is 3. The molecule has 0 aliphatic rings. The van der Waals surface area contributed by atoms with Gasteiger partial charge in [0.2, 0.25) is 0 Å². The highest BCUT2D eigenvalue weighted by Gasteiger charge is 2.48. The Labute approximate surface area is 129 Å². The van der Waals surface area contributed by atoms with E-state index in [4.69, 9.17) is 4.74 Å². The second kappa shape index (κ2) is 9.06. The summed E-state index contributed by atoms with van der Waals surface area (Å²) in [5, 5.41) is 9.68. The summed E-state index contributed by atoms with van der Waals surface area (Å²) in [5.74, 6) is -1.38. The van der Waals surface area contributed by atoms with Crippen LogP contribution in [-0.4, -0.2) is 23.1 Å². The minimum Gasteiger partial charge on any atom is -0.480 e. The van der Waals surface area contributed by atoms with Crippen molar-refractivity contribution >= 4 is 11.9 Å². The second-order valence-electron chi connectivity index (χ2n) is 6.94. The molecule has 21 heavy (non-hydrogen) atoms. The van der Waals surface area contributed by atoms with E-state index in [1.807, 2.05) is 34.6 Å². The van der Waals surface area contributed by atoms with E-state index in [1.165, 1.54) is 0 Å². The van der Waals surface area contributed by atoms with E-state index in [-0.39, 0.29) is 17.9 Å². The molecule has 4 nitrogen and oxygen atoms in total. The van der Waals surface area contributed by atoms with Gasteiger partial charge in [-0.2, -0.15) is 0 Å². The van der Waals surface area contributed by atoms with E-state index in [0.717, 1.165) is 19.3 Å². The van der Waals surface area contributed by atoms with Crippen LogP contribution < -0.4 is 0 Å². The van der Waals surface area contributed by atoms with Gasteiger partial charge in [0.25, 0.3) is 0 Å². The molecule has 0 aliphatic heterocycles. The van der Waals surface area contributed by atoms with Crippen molar-refractivity contribution in [3.63, 3.8) is 0 Å². The molecule has 1 atom stereocenters. The number of esters is 1. The van der Waals surface area contributed by atoms with Crippen LogP contribution in [0.1, 0.15) is 73.6 Å². The van der Waals surface area contributed by atoms with Gasteiger partial charge >= 0.3 is 11.9 Å². The predicted molar refractivity (Wildman–Crippen MR) is 84.1 cm³/mol. The van der Waals surface area contributed by atoms with Crippen LogP contribution in [0.2, 0.25) is 0 Å². The zero-order valence-electron chi connectivity index (χ0n) is 14.4. The number of rotatable bonds is 10. The van der Waals surface area contributed by atoms with Crippen LogP contribution in [0.3, 0.4) is 0 Å². The average Bonchev–Trinajstić information content (AvgIpc) is 2.33. The number of carboxylic acids is 1. The Bertz CT molecular complexity index is 324. The minimum atomic E-state index is -1.41. The molecule has 0 bridgehead atoms. The minimum absolute atomic E-state index is 0.123. The van der Waals surface area contributed by atoms with Gasteiger partial charge in [0, 0.05) is 0 Å². The second-order valence-corrected chi connectivity index (χ2v) is 6.94. The molecule has 0 radical (unpaired) electrons. The lowest BCUT2D eigenvalue weighted by molar-refractivity contribution is -0.175. The van der Waals surface area contributed by atoms with Crippen molar-refractivity contribution in [3.8, 4) is 0 Å². The number of aliphatic carboxylic acids is 1. The Morgan fingerprint density at radius 2 is 1.52 bits per heavy atom. The molecule has 0 heterocycles. The molecule has 4 heteroatoms. The van der Waals surface area contributed by atoms with Crippen molar-refractivity contribution in [3.05, 3.63) is 0 Å². The molecule has 0 aromatic carbocycles. The SMILES string of the molecule is CCCCC(C)OC(=O)C(CC(C)C)(CC(C)C)C(=O)O. The maximum absolute atomic E-state index is 12.5. The van der Waals surface area contributed by atoms with E-state index < -0.39 is 17.4 Å². The Morgan fingerprint density at radius 1 is 1.05 bits per heavy atom. The molecule has 1 N–H and O–H groups in total. The molecule has 0 fully saturated rings. The normalized spacial score (nSPS) is 13.5. The first-order chi connectivity index (χ1) is 9.65. The highest BCUT2D eigenvalue weighted by atomic mass is 16.5. The molecule has 0 saturated carbocycles. The summed E-state index contributed by atoms with van der Waals surface area (Å²) in [4.78, 5) is 24.4. The molecule has 0 rings (SSSR count). The van der Waals surface area contributed by atoms with Gasteiger partial charge < -0.3 is 9.84 Å². The van der Waals surface area contributed by atoms with Crippen molar-refractivity contribution < 1.29 is 19.4 Å². The van der Waals surface area contributed by atoms with Crippen molar-refractivity contribution in [2.24, 2.45) is 17.3 Å². The van der Waals surface area contributed by atoms with Crippen LogP contribution in [0, 0.1) is 17.3 Å². The number of unbranched alkanes of at least 4 members (excludes halogenated alkanes) is 1. The third-order valence-electron chi connectivity index (χ3n) is 3.59. The maximum atomic E-state index is 12.5.